The van der Waals surface area contributed by atoms with E-state index in [4.69, 9.17) is 9.53 Å². The fourth-order valence-corrected chi connectivity index (χ4v) is 3.70. The van der Waals surface area contributed by atoms with Crippen molar-refractivity contribution in [3.8, 4) is 0 Å². The Morgan fingerprint density at radius 1 is 0.821 bits per heavy atom. The smallest absolute Gasteiger partial charge is 0.211 e. The van der Waals surface area contributed by atoms with Crippen LogP contribution in [0, 0.1) is 0 Å². The molecule has 0 fully saturated rings. The molecule has 0 saturated carbocycles. The molecule has 3 aromatic carbocycles. The molecule has 0 unspecified atom stereocenters. The van der Waals surface area contributed by atoms with Crippen LogP contribution in [0.3, 0.4) is 0 Å². The van der Waals surface area contributed by atoms with E-state index in [1.54, 1.807) is 0 Å². The largest absolute Gasteiger partial charge is 0.402 e. The molecule has 0 aromatic heterocycles. The lowest BCUT2D eigenvalue weighted by atomic mass is 10.1. The van der Waals surface area contributed by atoms with E-state index in [1.807, 2.05) is 95.8 Å². The molecule has 0 saturated heterocycles. The van der Waals surface area contributed by atoms with E-state index in [0.717, 1.165) is 16.9 Å². The molecule has 0 aliphatic rings. The van der Waals surface area contributed by atoms with E-state index in [2.05, 4.69) is 31.8 Å². The maximum absolute atomic E-state index is 6.44. The third-order valence-corrected chi connectivity index (χ3v) is 6.21. The Bertz CT molecular complexity index is 856. The van der Waals surface area contributed by atoms with Gasteiger partial charge in [0.15, 0.2) is 0 Å². The number of nitrogens with zero attached hydrogens (tertiary/aromatic N) is 2. The SMILES string of the molecule is C=C[Si](C)(C)O[C@H](/C=N/N(c1ccccc1)c1ccccc1)c1ccccc1. The molecule has 0 N–H and O–H groups in total. The minimum atomic E-state index is -2.00. The van der Waals surface area contributed by atoms with E-state index < -0.39 is 8.32 Å². The summed E-state index contributed by atoms with van der Waals surface area (Å²) in [5, 5.41) is 6.76. The van der Waals surface area contributed by atoms with Gasteiger partial charge in [-0.2, -0.15) is 5.10 Å². The maximum Gasteiger partial charge on any atom is 0.211 e. The highest BCUT2D eigenvalue weighted by molar-refractivity contribution is 6.76. The van der Waals surface area contributed by atoms with Gasteiger partial charge in [0.2, 0.25) is 8.32 Å². The molecule has 3 rings (SSSR count). The Balaban J connectivity index is 1.97. The highest BCUT2D eigenvalue weighted by Crippen LogP contribution is 2.27. The molecule has 0 aliphatic carbocycles. The van der Waals surface area contributed by atoms with Crippen molar-refractivity contribution in [1.82, 2.24) is 0 Å². The Kier molecular flexibility index (Phi) is 6.58. The standard InChI is InChI=1S/C24H26N2OSi/c1-4-28(2,3)27-24(21-14-8-5-9-15-21)20-25-26(22-16-10-6-11-17-22)23-18-12-7-13-19-23/h4-20,24H,1H2,2-3H3/b25-20+/t24-/m1/s1. The lowest BCUT2D eigenvalue weighted by Crippen LogP contribution is -2.30. The first-order chi connectivity index (χ1) is 13.6. The lowest BCUT2D eigenvalue weighted by molar-refractivity contribution is 0.274. The van der Waals surface area contributed by atoms with Crippen molar-refractivity contribution in [2.24, 2.45) is 5.10 Å². The quantitative estimate of drug-likeness (QED) is 0.251. The summed E-state index contributed by atoms with van der Waals surface area (Å²) in [7, 11) is -2.00. The molecule has 0 bridgehead atoms. The molecule has 1 atom stereocenters. The van der Waals surface area contributed by atoms with Crippen LogP contribution in [0.1, 0.15) is 11.7 Å². The highest BCUT2D eigenvalue weighted by atomic mass is 28.4. The summed E-state index contributed by atoms with van der Waals surface area (Å²) in [6, 6.07) is 30.4. The molecule has 0 spiro atoms. The second-order valence-corrected chi connectivity index (χ2v) is 10.9. The number of hydrogen-bond acceptors (Lipinski definition) is 3. The zero-order valence-corrected chi connectivity index (χ0v) is 17.4. The summed E-state index contributed by atoms with van der Waals surface area (Å²) in [5.41, 5.74) is 5.02. The summed E-state index contributed by atoms with van der Waals surface area (Å²) in [6.07, 6.45) is 1.64. The zero-order chi connectivity index (χ0) is 19.8. The summed E-state index contributed by atoms with van der Waals surface area (Å²) in [5.74, 6) is 0. The number of para-hydroxylation sites is 2. The first kappa shape index (κ1) is 19.8. The first-order valence-electron chi connectivity index (χ1n) is 9.40. The van der Waals surface area contributed by atoms with Crippen LogP contribution >= 0.6 is 0 Å². The third kappa shape index (κ3) is 5.28. The lowest BCUT2D eigenvalue weighted by Gasteiger charge is -2.26. The molecular weight excluding hydrogens is 360 g/mol. The summed E-state index contributed by atoms with van der Waals surface area (Å²) < 4.78 is 6.44. The van der Waals surface area contributed by atoms with Gasteiger partial charge in [-0.15, -0.1) is 6.58 Å². The van der Waals surface area contributed by atoms with Gasteiger partial charge < -0.3 is 4.43 Å². The number of anilines is 2. The highest BCUT2D eigenvalue weighted by Gasteiger charge is 2.23. The Hall–Kier alpha value is -2.95. The second-order valence-electron chi connectivity index (χ2n) is 7.00. The molecule has 28 heavy (non-hydrogen) atoms. The molecule has 0 heterocycles. The van der Waals surface area contributed by atoms with Gasteiger partial charge in [0.05, 0.1) is 17.6 Å². The van der Waals surface area contributed by atoms with Crippen LogP contribution in [0.2, 0.25) is 13.1 Å². The third-order valence-electron chi connectivity index (χ3n) is 4.37. The van der Waals surface area contributed by atoms with Gasteiger partial charge >= 0.3 is 0 Å². The normalized spacial score (nSPS) is 12.6. The Morgan fingerprint density at radius 2 is 1.29 bits per heavy atom. The molecule has 0 aliphatic heterocycles. The fraction of sp³-hybridized carbons (Fsp3) is 0.125. The fourth-order valence-electron chi connectivity index (χ4n) is 2.75. The van der Waals surface area contributed by atoms with Crippen LogP contribution < -0.4 is 5.01 Å². The van der Waals surface area contributed by atoms with Crippen LogP contribution in [-0.2, 0) is 4.43 Å². The predicted molar refractivity (Wildman–Crippen MR) is 121 cm³/mol. The van der Waals surface area contributed by atoms with E-state index in [0.29, 0.717) is 0 Å². The minimum absolute atomic E-state index is 0.240. The van der Waals surface area contributed by atoms with E-state index in [1.165, 1.54) is 0 Å². The molecular formula is C24H26N2OSi. The van der Waals surface area contributed by atoms with Crippen LogP contribution in [0.5, 0.6) is 0 Å². The summed E-state index contributed by atoms with van der Waals surface area (Å²) >= 11 is 0. The summed E-state index contributed by atoms with van der Waals surface area (Å²) in [6.45, 7) is 8.22. The van der Waals surface area contributed by atoms with E-state index in [9.17, 15) is 0 Å². The molecule has 0 radical (unpaired) electrons. The molecule has 4 heteroatoms. The topological polar surface area (TPSA) is 24.8 Å². The number of hydrogen-bond donors (Lipinski definition) is 0. The maximum atomic E-state index is 6.44. The van der Waals surface area contributed by atoms with Crippen LogP contribution in [0.25, 0.3) is 0 Å². The molecule has 142 valence electrons. The van der Waals surface area contributed by atoms with Crippen molar-refractivity contribution in [2.75, 3.05) is 5.01 Å². The number of benzene rings is 3. The van der Waals surface area contributed by atoms with Gasteiger partial charge in [0.25, 0.3) is 0 Å². The van der Waals surface area contributed by atoms with Gasteiger partial charge in [-0.05, 0) is 42.9 Å². The van der Waals surface area contributed by atoms with Gasteiger partial charge in [0, 0.05) is 0 Å². The van der Waals surface area contributed by atoms with Crippen LogP contribution in [0.15, 0.2) is 108 Å². The average Bonchev–Trinajstić information content (AvgIpc) is 2.75. The minimum Gasteiger partial charge on any atom is -0.402 e. The second kappa shape index (κ2) is 9.31. The number of rotatable bonds is 8. The molecule has 3 aromatic rings. The van der Waals surface area contributed by atoms with Crippen molar-refractivity contribution in [3.63, 3.8) is 0 Å². The Morgan fingerprint density at radius 3 is 1.75 bits per heavy atom. The average molecular weight is 387 g/mol. The van der Waals surface area contributed by atoms with Crippen LogP contribution in [-0.4, -0.2) is 14.5 Å². The van der Waals surface area contributed by atoms with Gasteiger partial charge in [-0.25, -0.2) is 5.01 Å². The van der Waals surface area contributed by atoms with Gasteiger partial charge in [0.1, 0.15) is 6.10 Å². The van der Waals surface area contributed by atoms with Crippen molar-refractivity contribution in [1.29, 1.82) is 0 Å². The van der Waals surface area contributed by atoms with Crippen LogP contribution in [0.4, 0.5) is 11.4 Å². The van der Waals surface area contributed by atoms with Crippen molar-refractivity contribution >= 4 is 25.9 Å². The number of hydrazone groups is 1. The van der Waals surface area contributed by atoms with Gasteiger partial charge in [-0.3, -0.25) is 0 Å². The van der Waals surface area contributed by atoms with Crippen molar-refractivity contribution < 1.29 is 4.43 Å². The zero-order valence-electron chi connectivity index (χ0n) is 16.4. The van der Waals surface area contributed by atoms with Crippen molar-refractivity contribution in [3.05, 3.63) is 109 Å². The van der Waals surface area contributed by atoms with Gasteiger partial charge in [-0.1, -0.05) is 72.4 Å². The van der Waals surface area contributed by atoms with E-state index >= 15 is 0 Å². The van der Waals surface area contributed by atoms with Crippen molar-refractivity contribution in [2.45, 2.75) is 19.2 Å². The van der Waals surface area contributed by atoms with E-state index in [-0.39, 0.29) is 6.10 Å². The summed E-state index contributed by atoms with van der Waals surface area (Å²) in [4.78, 5) is 0. The predicted octanol–water partition coefficient (Wildman–Crippen LogP) is 6.50. The Labute approximate surface area is 168 Å². The molecule has 0 amide bonds. The molecule has 3 nitrogen and oxygen atoms in total. The monoisotopic (exact) mass is 386 g/mol. The first-order valence-corrected chi connectivity index (χ1v) is 12.4.